The van der Waals surface area contributed by atoms with Gasteiger partial charge in [0.05, 0.1) is 19.3 Å². The van der Waals surface area contributed by atoms with Crippen LogP contribution in [0.3, 0.4) is 0 Å². The van der Waals surface area contributed by atoms with Gasteiger partial charge in [0.25, 0.3) is 0 Å². The smallest absolute Gasteiger partial charge is 0.225 e. The summed E-state index contributed by atoms with van der Waals surface area (Å²) in [7, 11) is 0. The first-order chi connectivity index (χ1) is 11.9. The Morgan fingerprint density at radius 3 is 2.50 bits per heavy atom. The maximum absolute atomic E-state index is 5.54. The van der Waals surface area contributed by atoms with Crippen LogP contribution in [0.5, 0.6) is 0 Å². The van der Waals surface area contributed by atoms with Crippen LogP contribution in [0, 0.1) is 0 Å². The van der Waals surface area contributed by atoms with E-state index in [0.29, 0.717) is 12.1 Å². The molecule has 6 heteroatoms. The third kappa shape index (κ3) is 3.25. The molecule has 126 valence electrons. The number of hydrogen-bond acceptors (Lipinski definition) is 6. The molecule has 0 bridgehead atoms. The second-order valence-corrected chi connectivity index (χ2v) is 6.37. The summed E-state index contributed by atoms with van der Waals surface area (Å²) in [5.41, 5.74) is 1.32. The van der Waals surface area contributed by atoms with Crippen molar-refractivity contribution in [1.82, 2.24) is 19.9 Å². The number of rotatable bonds is 4. The first-order valence-electron chi connectivity index (χ1n) is 8.66. The van der Waals surface area contributed by atoms with Gasteiger partial charge in [0.1, 0.15) is 0 Å². The van der Waals surface area contributed by atoms with Crippen LogP contribution in [0.4, 0.5) is 5.95 Å². The minimum Gasteiger partial charge on any atom is -0.379 e. The lowest BCUT2D eigenvalue weighted by Gasteiger charge is -2.37. The summed E-state index contributed by atoms with van der Waals surface area (Å²) in [6.45, 7) is 4.70. The first kappa shape index (κ1) is 15.5. The zero-order valence-electron chi connectivity index (χ0n) is 13.8. The molecule has 2 fully saturated rings. The van der Waals surface area contributed by atoms with Gasteiger partial charge in [-0.3, -0.25) is 9.88 Å². The van der Waals surface area contributed by atoms with E-state index in [-0.39, 0.29) is 0 Å². The number of aromatic nitrogens is 3. The monoisotopic (exact) mass is 325 g/mol. The van der Waals surface area contributed by atoms with E-state index in [2.05, 4.69) is 36.9 Å². The minimum atomic E-state index is 0.382. The van der Waals surface area contributed by atoms with E-state index < -0.39 is 0 Å². The number of anilines is 1. The van der Waals surface area contributed by atoms with Crippen LogP contribution >= 0.6 is 0 Å². The van der Waals surface area contributed by atoms with Crippen molar-refractivity contribution in [1.29, 1.82) is 0 Å². The van der Waals surface area contributed by atoms with E-state index in [9.17, 15) is 0 Å². The van der Waals surface area contributed by atoms with Gasteiger partial charge in [-0.25, -0.2) is 9.97 Å². The number of nitrogens with zero attached hydrogens (tertiary/aromatic N) is 5. The van der Waals surface area contributed by atoms with Crippen LogP contribution in [0.15, 0.2) is 43.0 Å². The molecular weight excluding hydrogens is 302 g/mol. The van der Waals surface area contributed by atoms with Crippen molar-refractivity contribution in [2.45, 2.75) is 24.9 Å². The number of morpholine rings is 1. The third-order valence-electron chi connectivity index (χ3n) is 5.03. The van der Waals surface area contributed by atoms with Crippen molar-refractivity contribution in [3.63, 3.8) is 0 Å². The second kappa shape index (κ2) is 7.23. The number of pyridine rings is 1. The molecular formula is C18H23N5O. The summed E-state index contributed by atoms with van der Waals surface area (Å²) < 4.78 is 5.54. The van der Waals surface area contributed by atoms with Gasteiger partial charge in [-0.15, -0.1) is 0 Å². The highest BCUT2D eigenvalue weighted by Crippen LogP contribution is 2.29. The first-order valence-corrected chi connectivity index (χ1v) is 8.66. The average Bonchev–Trinajstić information content (AvgIpc) is 3.07. The Bertz CT molecular complexity index is 632. The molecule has 0 radical (unpaired) electrons. The molecule has 4 heterocycles. The van der Waals surface area contributed by atoms with Crippen molar-refractivity contribution in [3.05, 3.63) is 48.5 Å². The highest BCUT2D eigenvalue weighted by molar-refractivity contribution is 5.36. The van der Waals surface area contributed by atoms with E-state index in [1.165, 1.54) is 5.56 Å². The standard InChI is InChI=1S/C18H23N5O/c1-5-20-18(21-6-1)23-9-4-16(22-10-12-24-13-11-22)17(23)14-15-2-7-19-8-3-15/h1-3,5-8,16-17H,4,9-14H2/t16-,17+/m1/s1. The van der Waals surface area contributed by atoms with Crippen LogP contribution in [-0.2, 0) is 11.2 Å². The van der Waals surface area contributed by atoms with Crippen LogP contribution in [-0.4, -0.2) is 64.8 Å². The maximum Gasteiger partial charge on any atom is 0.225 e. The fraction of sp³-hybridized carbons (Fsp3) is 0.500. The Kier molecular flexibility index (Phi) is 4.66. The van der Waals surface area contributed by atoms with Gasteiger partial charge in [0.2, 0.25) is 5.95 Å². The third-order valence-corrected chi connectivity index (χ3v) is 5.03. The second-order valence-electron chi connectivity index (χ2n) is 6.37. The summed E-state index contributed by atoms with van der Waals surface area (Å²) >= 11 is 0. The Balaban J connectivity index is 1.59. The lowest BCUT2D eigenvalue weighted by Crippen LogP contribution is -2.50. The molecule has 2 aliphatic rings. The van der Waals surface area contributed by atoms with Gasteiger partial charge in [-0.05, 0) is 36.6 Å². The van der Waals surface area contributed by atoms with Gasteiger partial charge < -0.3 is 9.64 Å². The summed E-state index contributed by atoms with van der Waals surface area (Å²) in [6.07, 6.45) is 9.54. The molecule has 4 rings (SSSR count). The molecule has 0 spiro atoms. The highest BCUT2D eigenvalue weighted by Gasteiger charge is 2.39. The molecule has 0 N–H and O–H groups in total. The molecule has 24 heavy (non-hydrogen) atoms. The number of hydrogen-bond donors (Lipinski definition) is 0. The quantitative estimate of drug-likeness (QED) is 0.847. The van der Waals surface area contributed by atoms with Crippen LogP contribution < -0.4 is 4.90 Å². The highest BCUT2D eigenvalue weighted by atomic mass is 16.5. The van der Waals surface area contributed by atoms with Gasteiger partial charge >= 0.3 is 0 Å². The maximum atomic E-state index is 5.54. The summed E-state index contributed by atoms with van der Waals surface area (Å²) in [5.74, 6) is 0.840. The predicted octanol–water partition coefficient (Wildman–Crippen LogP) is 1.39. The zero-order chi connectivity index (χ0) is 16.2. The van der Waals surface area contributed by atoms with E-state index in [0.717, 1.165) is 51.6 Å². The van der Waals surface area contributed by atoms with Gasteiger partial charge in [0.15, 0.2) is 0 Å². The molecule has 2 atom stereocenters. The Labute approximate surface area is 142 Å². The van der Waals surface area contributed by atoms with Gasteiger partial charge in [0, 0.05) is 50.5 Å². The van der Waals surface area contributed by atoms with Crippen LogP contribution in [0.2, 0.25) is 0 Å². The summed E-state index contributed by atoms with van der Waals surface area (Å²) in [5, 5.41) is 0. The van der Waals surface area contributed by atoms with E-state index >= 15 is 0 Å². The molecule has 2 aromatic rings. The van der Waals surface area contributed by atoms with Crippen molar-refractivity contribution in [2.24, 2.45) is 0 Å². The molecule has 6 nitrogen and oxygen atoms in total. The van der Waals surface area contributed by atoms with Gasteiger partial charge in [-0.1, -0.05) is 0 Å². The summed E-state index contributed by atoms with van der Waals surface area (Å²) in [4.78, 5) is 18.1. The molecule has 0 unspecified atom stereocenters. The van der Waals surface area contributed by atoms with Crippen molar-refractivity contribution < 1.29 is 4.74 Å². The molecule has 2 aliphatic heterocycles. The van der Waals surface area contributed by atoms with E-state index in [1.54, 1.807) is 0 Å². The largest absolute Gasteiger partial charge is 0.379 e. The topological polar surface area (TPSA) is 54.4 Å². The number of ether oxygens (including phenoxy) is 1. The average molecular weight is 325 g/mol. The Morgan fingerprint density at radius 2 is 1.75 bits per heavy atom. The normalized spacial score (nSPS) is 25.1. The van der Waals surface area contributed by atoms with Crippen molar-refractivity contribution in [2.75, 3.05) is 37.7 Å². The zero-order valence-corrected chi connectivity index (χ0v) is 13.8. The fourth-order valence-corrected chi connectivity index (χ4v) is 3.87. The predicted molar refractivity (Wildman–Crippen MR) is 91.9 cm³/mol. The van der Waals surface area contributed by atoms with Crippen molar-refractivity contribution >= 4 is 5.95 Å². The van der Waals surface area contributed by atoms with Crippen LogP contribution in [0.25, 0.3) is 0 Å². The molecule has 0 saturated carbocycles. The van der Waals surface area contributed by atoms with E-state index in [1.807, 2.05) is 30.9 Å². The molecule has 0 aromatic carbocycles. The van der Waals surface area contributed by atoms with E-state index in [4.69, 9.17) is 4.74 Å². The molecule has 2 saturated heterocycles. The van der Waals surface area contributed by atoms with Crippen molar-refractivity contribution in [3.8, 4) is 0 Å². The lowest BCUT2D eigenvalue weighted by molar-refractivity contribution is 0.0149. The minimum absolute atomic E-state index is 0.382. The SMILES string of the molecule is c1cnc(N2CC[C@@H](N3CCOCC3)[C@@H]2Cc2ccncc2)nc1. The Hall–Kier alpha value is -2.05. The van der Waals surface area contributed by atoms with Gasteiger partial charge in [-0.2, -0.15) is 0 Å². The molecule has 0 aliphatic carbocycles. The molecule has 0 amide bonds. The lowest BCUT2D eigenvalue weighted by atomic mass is 9.99. The summed E-state index contributed by atoms with van der Waals surface area (Å²) in [6, 6.07) is 6.99. The fourth-order valence-electron chi connectivity index (χ4n) is 3.87. The molecule has 2 aromatic heterocycles. The van der Waals surface area contributed by atoms with Crippen LogP contribution in [0.1, 0.15) is 12.0 Å². The Morgan fingerprint density at radius 1 is 1.00 bits per heavy atom.